The number of hydrogen-bond donors (Lipinski definition) is 1. The molecule has 124 valence electrons. The van der Waals surface area contributed by atoms with E-state index in [1.807, 2.05) is 0 Å². The molecule has 0 saturated heterocycles. The molecular weight excluding hydrogens is 294 g/mol. The number of rotatable bonds is 5. The molecule has 0 amide bonds. The molecule has 1 unspecified atom stereocenters. The van der Waals surface area contributed by atoms with Crippen molar-refractivity contribution in [2.24, 2.45) is 0 Å². The van der Waals surface area contributed by atoms with E-state index in [0.29, 0.717) is 0 Å². The highest BCUT2D eigenvalue weighted by atomic mass is 15.3. The lowest BCUT2D eigenvalue weighted by atomic mass is 9.97. The molecule has 3 nitrogen and oxygen atoms in total. The van der Waals surface area contributed by atoms with Crippen LogP contribution in [0.15, 0.2) is 48.5 Å². The number of benzene rings is 2. The van der Waals surface area contributed by atoms with Gasteiger partial charge in [0, 0.05) is 11.3 Å². The van der Waals surface area contributed by atoms with E-state index in [0.717, 1.165) is 17.8 Å². The minimum absolute atomic E-state index is 0.131. The van der Waals surface area contributed by atoms with Gasteiger partial charge in [0.2, 0.25) is 0 Å². The predicted molar refractivity (Wildman–Crippen MR) is 101 cm³/mol. The molecule has 3 heteroatoms. The van der Waals surface area contributed by atoms with Gasteiger partial charge in [-0.3, -0.25) is 0 Å². The molecule has 0 radical (unpaired) electrons. The number of para-hydroxylation sites is 3. The second kappa shape index (κ2) is 5.97. The zero-order valence-electron chi connectivity index (χ0n) is 14.5. The second-order valence-electron chi connectivity index (χ2n) is 7.01. The summed E-state index contributed by atoms with van der Waals surface area (Å²) in [6.45, 7) is 4.57. The smallest absolute Gasteiger partial charge is 0.145 e. The van der Waals surface area contributed by atoms with Crippen LogP contribution in [0.4, 0.5) is 5.69 Å². The number of hydrogen-bond acceptors (Lipinski definition) is 2. The molecular formula is C21H25N3. The Morgan fingerprint density at radius 3 is 2.67 bits per heavy atom. The zero-order chi connectivity index (χ0) is 16.6. The molecule has 0 fully saturated rings. The number of fused-ring (bicyclic) bond motifs is 5. The average Bonchev–Trinajstić information content (AvgIpc) is 3.00. The largest absolute Gasteiger partial charge is 0.362 e. The molecule has 1 N–H and O–H groups in total. The first-order valence-electron chi connectivity index (χ1n) is 9.08. The van der Waals surface area contributed by atoms with Gasteiger partial charge in [0.05, 0.1) is 11.0 Å². The first kappa shape index (κ1) is 15.3. The SMILES string of the molecule is CCCCCCC1(C)Nc2ccccc2-c2nc3ccccc3n21. The first-order chi connectivity index (χ1) is 11.7. The van der Waals surface area contributed by atoms with Gasteiger partial charge in [-0.05, 0) is 44.0 Å². The van der Waals surface area contributed by atoms with Crippen LogP contribution >= 0.6 is 0 Å². The number of unbranched alkanes of at least 4 members (excludes halogenated alkanes) is 3. The molecule has 4 rings (SSSR count). The number of aromatic nitrogens is 2. The molecule has 2 heterocycles. The third kappa shape index (κ3) is 2.39. The predicted octanol–water partition coefficient (Wildman–Crippen LogP) is 5.77. The van der Waals surface area contributed by atoms with Crippen LogP contribution in [0.5, 0.6) is 0 Å². The van der Waals surface area contributed by atoms with Crippen molar-refractivity contribution >= 4 is 16.7 Å². The monoisotopic (exact) mass is 319 g/mol. The third-order valence-electron chi connectivity index (χ3n) is 5.14. The Bertz CT molecular complexity index is 864. The summed E-state index contributed by atoms with van der Waals surface area (Å²) in [5.41, 5.74) is 4.55. The molecule has 24 heavy (non-hydrogen) atoms. The maximum atomic E-state index is 4.96. The Balaban J connectivity index is 1.84. The molecule has 0 aliphatic carbocycles. The van der Waals surface area contributed by atoms with Crippen LogP contribution in [-0.4, -0.2) is 9.55 Å². The topological polar surface area (TPSA) is 29.9 Å². The van der Waals surface area contributed by atoms with Gasteiger partial charge in [-0.2, -0.15) is 0 Å². The van der Waals surface area contributed by atoms with Gasteiger partial charge in [-0.1, -0.05) is 50.5 Å². The van der Waals surface area contributed by atoms with Crippen molar-refractivity contribution in [1.82, 2.24) is 9.55 Å². The lowest BCUT2D eigenvalue weighted by molar-refractivity contribution is 0.335. The number of anilines is 1. The van der Waals surface area contributed by atoms with E-state index in [-0.39, 0.29) is 5.66 Å². The van der Waals surface area contributed by atoms with Gasteiger partial charge in [-0.15, -0.1) is 0 Å². The summed E-state index contributed by atoms with van der Waals surface area (Å²) >= 11 is 0. The van der Waals surface area contributed by atoms with E-state index in [2.05, 4.69) is 72.3 Å². The fourth-order valence-electron chi connectivity index (χ4n) is 3.91. The summed E-state index contributed by atoms with van der Waals surface area (Å²) < 4.78 is 2.41. The van der Waals surface area contributed by atoms with E-state index in [9.17, 15) is 0 Å². The summed E-state index contributed by atoms with van der Waals surface area (Å²) in [5, 5.41) is 3.81. The number of nitrogens with one attached hydrogen (secondary N) is 1. The summed E-state index contributed by atoms with van der Waals surface area (Å²) in [6.07, 6.45) is 6.20. The highest BCUT2D eigenvalue weighted by Gasteiger charge is 2.35. The van der Waals surface area contributed by atoms with Crippen LogP contribution in [0.1, 0.15) is 46.0 Å². The van der Waals surface area contributed by atoms with Gasteiger partial charge in [0.25, 0.3) is 0 Å². The lowest BCUT2D eigenvalue weighted by Crippen LogP contribution is -2.41. The van der Waals surface area contributed by atoms with Crippen LogP contribution < -0.4 is 5.32 Å². The van der Waals surface area contributed by atoms with Gasteiger partial charge >= 0.3 is 0 Å². The average molecular weight is 319 g/mol. The van der Waals surface area contributed by atoms with Gasteiger partial charge in [0.15, 0.2) is 0 Å². The molecule has 0 bridgehead atoms. The van der Waals surface area contributed by atoms with E-state index in [1.165, 1.54) is 42.5 Å². The standard InChI is InChI=1S/C21H25N3/c1-3-4-5-10-15-21(2)23-17-12-7-6-11-16(17)20-22-18-13-8-9-14-19(18)24(20)21/h6-9,11-14,23H,3-5,10,15H2,1-2H3. The van der Waals surface area contributed by atoms with Crippen molar-refractivity contribution in [2.45, 2.75) is 51.6 Å². The van der Waals surface area contributed by atoms with Crippen LogP contribution in [0.2, 0.25) is 0 Å². The fourth-order valence-corrected chi connectivity index (χ4v) is 3.91. The van der Waals surface area contributed by atoms with Gasteiger partial charge in [-0.25, -0.2) is 4.98 Å². The normalized spacial score (nSPS) is 18.9. The number of imidazole rings is 1. The van der Waals surface area contributed by atoms with E-state index >= 15 is 0 Å². The summed E-state index contributed by atoms with van der Waals surface area (Å²) in [6, 6.07) is 17.0. The van der Waals surface area contributed by atoms with Gasteiger partial charge in [0.1, 0.15) is 11.5 Å². The summed E-state index contributed by atoms with van der Waals surface area (Å²) in [7, 11) is 0. The fraction of sp³-hybridized carbons (Fsp3) is 0.381. The maximum absolute atomic E-state index is 4.96. The van der Waals surface area contributed by atoms with Crippen LogP contribution in [0.25, 0.3) is 22.4 Å². The summed E-state index contributed by atoms with van der Waals surface area (Å²) in [5.74, 6) is 1.09. The minimum Gasteiger partial charge on any atom is -0.362 e. The number of nitrogens with zero attached hydrogens (tertiary/aromatic N) is 2. The van der Waals surface area contributed by atoms with E-state index < -0.39 is 0 Å². The Labute approximate surface area is 143 Å². The van der Waals surface area contributed by atoms with Crippen molar-refractivity contribution in [3.05, 3.63) is 48.5 Å². The Morgan fingerprint density at radius 1 is 1.00 bits per heavy atom. The highest BCUT2D eigenvalue weighted by Crippen LogP contribution is 2.42. The third-order valence-corrected chi connectivity index (χ3v) is 5.14. The molecule has 1 aromatic heterocycles. The lowest BCUT2D eigenvalue weighted by Gasteiger charge is -2.39. The highest BCUT2D eigenvalue weighted by molar-refractivity contribution is 5.86. The Hall–Kier alpha value is -2.29. The van der Waals surface area contributed by atoms with Crippen molar-refractivity contribution in [3.8, 4) is 11.4 Å². The summed E-state index contributed by atoms with van der Waals surface area (Å²) in [4.78, 5) is 4.96. The molecule has 0 spiro atoms. The molecule has 3 aromatic rings. The second-order valence-corrected chi connectivity index (χ2v) is 7.01. The van der Waals surface area contributed by atoms with Crippen LogP contribution in [0, 0.1) is 0 Å². The molecule has 1 atom stereocenters. The minimum atomic E-state index is -0.131. The van der Waals surface area contributed by atoms with Crippen molar-refractivity contribution in [1.29, 1.82) is 0 Å². The molecule has 2 aromatic carbocycles. The van der Waals surface area contributed by atoms with Crippen molar-refractivity contribution < 1.29 is 0 Å². The van der Waals surface area contributed by atoms with Gasteiger partial charge < -0.3 is 9.88 Å². The van der Waals surface area contributed by atoms with E-state index in [4.69, 9.17) is 4.98 Å². The first-order valence-corrected chi connectivity index (χ1v) is 9.08. The Kier molecular flexibility index (Phi) is 3.79. The Morgan fingerprint density at radius 2 is 1.79 bits per heavy atom. The quantitative estimate of drug-likeness (QED) is 0.605. The van der Waals surface area contributed by atoms with Crippen molar-refractivity contribution in [3.63, 3.8) is 0 Å². The van der Waals surface area contributed by atoms with Crippen LogP contribution in [0.3, 0.4) is 0 Å². The molecule has 1 aliphatic heterocycles. The van der Waals surface area contributed by atoms with E-state index in [1.54, 1.807) is 0 Å². The van der Waals surface area contributed by atoms with Crippen molar-refractivity contribution in [2.75, 3.05) is 5.32 Å². The molecule has 0 saturated carbocycles. The van der Waals surface area contributed by atoms with Crippen LogP contribution in [-0.2, 0) is 5.66 Å². The zero-order valence-corrected chi connectivity index (χ0v) is 14.5. The maximum Gasteiger partial charge on any atom is 0.145 e. The molecule has 1 aliphatic rings.